The van der Waals surface area contributed by atoms with Crippen LogP contribution in [-0.2, 0) is 12.8 Å². The Morgan fingerprint density at radius 1 is 1.19 bits per heavy atom. The number of pyridine rings is 1. The number of ketones is 1. The van der Waals surface area contributed by atoms with Gasteiger partial charge in [-0.3, -0.25) is 14.7 Å². The summed E-state index contributed by atoms with van der Waals surface area (Å²) in [6.45, 7) is 3.59. The smallest absolute Gasteiger partial charge is 0.167 e. The zero-order valence-electron chi connectivity index (χ0n) is 15.8. The molecule has 1 aliphatic carbocycles. The van der Waals surface area contributed by atoms with Gasteiger partial charge in [0.2, 0.25) is 0 Å². The third kappa shape index (κ3) is 3.62. The fraction of sp³-hybridized carbons (Fsp3) is 0.455. The van der Waals surface area contributed by atoms with Gasteiger partial charge >= 0.3 is 0 Å². The van der Waals surface area contributed by atoms with Crippen molar-refractivity contribution in [2.45, 2.75) is 44.8 Å². The topological polar surface area (TPSA) is 79.5 Å². The Hall–Kier alpha value is -2.24. The SMILES string of the molecule is Cc1ccc(C(=O)C2CCN([C@H]3Cc4c(N)cccc4C[C@@H]3O)CC2)cn1. The van der Waals surface area contributed by atoms with Gasteiger partial charge in [0.15, 0.2) is 5.78 Å². The van der Waals surface area contributed by atoms with Crippen molar-refractivity contribution in [3.63, 3.8) is 0 Å². The Morgan fingerprint density at radius 3 is 2.67 bits per heavy atom. The van der Waals surface area contributed by atoms with Gasteiger partial charge in [-0.1, -0.05) is 12.1 Å². The summed E-state index contributed by atoms with van der Waals surface area (Å²) in [6, 6.07) is 9.81. The van der Waals surface area contributed by atoms with Crippen molar-refractivity contribution in [1.29, 1.82) is 0 Å². The molecule has 3 N–H and O–H groups in total. The first kappa shape index (κ1) is 18.1. The molecule has 2 aliphatic rings. The predicted molar refractivity (Wildman–Crippen MR) is 106 cm³/mol. The minimum atomic E-state index is -0.382. The number of anilines is 1. The number of rotatable bonds is 3. The number of benzene rings is 1. The molecule has 0 spiro atoms. The molecular weight excluding hydrogens is 338 g/mol. The van der Waals surface area contributed by atoms with Crippen molar-refractivity contribution in [3.05, 3.63) is 58.9 Å². The number of hydrogen-bond donors (Lipinski definition) is 2. The molecule has 0 saturated carbocycles. The third-order valence-corrected chi connectivity index (χ3v) is 6.16. The minimum Gasteiger partial charge on any atom is -0.398 e. The summed E-state index contributed by atoms with van der Waals surface area (Å²) in [6.07, 6.45) is 4.39. The van der Waals surface area contributed by atoms with Crippen molar-refractivity contribution in [3.8, 4) is 0 Å². The van der Waals surface area contributed by atoms with E-state index in [2.05, 4.69) is 16.0 Å². The van der Waals surface area contributed by atoms with E-state index in [4.69, 9.17) is 5.73 Å². The lowest BCUT2D eigenvalue weighted by Crippen LogP contribution is -2.51. The summed E-state index contributed by atoms with van der Waals surface area (Å²) in [4.78, 5) is 19.3. The molecule has 0 radical (unpaired) electrons. The van der Waals surface area contributed by atoms with Crippen LogP contribution in [-0.4, -0.2) is 46.0 Å². The monoisotopic (exact) mass is 365 g/mol. The number of carbonyl (C=O) groups excluding carboxylic acids is 1. The van der Waals surface area contributed by atoms with Crippen molar-refractivity contribution in [2.24, 2.45) is 5.92 Å². The first-order valence-corrected chi connectivity index (χ1v) is 9.78. The highest BCUT2D eigenvalue weighted by Gasteiger charge is 2.35. The number of nitrogens with two attached hydrogens (primary N) is 1. The van der Waals surface area contributed by atoms with Gasteiger partial charge in [-0.05, 0) is 68.6 Å². The van der Waals surface area contributed by atoms with E-state index in [9.17, 15) is 9.90 Å². The molecular formula is C22H27N3O2. The van der Waals surface area contributed by atoms with Crippen LogP contribution in [0.2, 0.25) is 0 Å². The maximum Gasteiger partial charge on any atom is 0.167 e. The van der Waals surface area contributed by atoms with Crippen molar-refractivity contribution in [2.75, 3.05) is 18.8 Å². The highest BCUT2D eigenvalue weighted by atomic mass is 16.3. The largest absolute Gasteiger partial charge is 0.398 e. The minimum absolute atomic E-state index is 0.0452. The molecule has 2 heterocycles. The number of aliphatic hydroxyl groups excluding tert-OH is 1. The molecule has 5 nitrogen and oxygen atoms in total. The zero-order valence-corrected chi connectivity index (χ0v) is 15.8. The van der Waals surface area contributed by atoms with Crippen LogP contribution < -0.4 is 5.73 Å². The molecule has 4 rings (SSSR count). The number of fused-ring (bicyclic) bond motifs is 1. The third-order valence-electron chi connectivity index (χ3n) is 6.16. The number of likely N-dealkylation sites (tertiary alicyclic amines) is 1. The first-order valence-electron chi connectivity index (χ1n) is 9.78. The van der Waals surface area contributed by atoms with E-state index >= 15 is 0 Å². The molecule has 1 aromatic carbocycles. The number of aliphatic hydroxyl groups is 1. The number of nitrogens with zero attached hydrogens (tertiary/aromatic N) is 2. The number of carbonyl (C=O) groups is 1. The molecule has 2 aromatic rings. The Labute approximate surface area is 160 Å². The molecule has 0 bridgehead atoms. The van der Waals surface area contributed by atoms with Gasteiger partial charge in [0, 0.05) is 41.5 Å². The quantitative estimate of drug-likeness (QED) is 0.645. The second kappa shape index (κ2) is 7.41. The Balaban J connectivity index is 1.41. The standard InChI is InChI=1S/C22H27N3O2/c1-14-5-6-17(13-24-14)22(27)15-7-9-25(10-8-15)20-12-18-16(11-21(20)26)3-2-4-19(18)23/h2-6,13,15,20-21,26H,7-12,23H2,1H3/t20-,21-/m0/s1. The summed E-state index contributed by atoms with van der Waals surface area (Å²) < 4.78 is 0. The van der Waals surface area contributed by atoms with Crippen LogP contribution in [0.15, 0.2) is 36.5 Å². The molecule has 2 atom stereocenters. The van der Waals surface area contributed by atoms with Crippen LogP contribution in [0.3, 0.4) is 0 Å². The van der Waals surface area contributed by atoms with E-state index in [0.29, 0.717) is 12.0 Å². The summed E-state index contributed by atoms with van der Waals surface area (Å²) in [5, 5.41) is 10.7. The first-order chi connectivity index (χ1) is 13.0. The number of Topliss-reactive ketones (excluding diaryl/α,β-unsaturated/α-hetero) is 1. The van der Waals surface area contributed by atoms with E-state index in [1.165, 1.54) is 5.56 Å². The lowest BCUT2D eigenvalue weighted by molar-refractivity contribution is 0.0241. The predicted octanol–water partition coefficient (Wildman–Crippen LogP) is 2.40. The molecule has 0 amide bonds. The van der Waals surface area contributed by atoms with Crippen LogP contribution in [0.25, 0.3) is 0 Å². The Kier molecular flexibility index (Phi) is 4.98. The highest BCUT2D eigenvalue weighted by molar-refractivity contribution is 5.97. The number of piperidine rings is 1. The van der Waals surface area contributed by atoms with E-state index in [1.54, 1.807) is 6.20 Å². The van der Waals surface area contributed by atoms with Gasteiger partial charge in [0.25, 0.3) is 0 Å². The van der Waals surface area contributed by atoms with Gasteiger partial charge in [0.1, 0.15) is 0 Å². The molecule has 142 valence electrons. The van der Waals surface area contributed by atoms with E-state index in [0.717, 1.165) is 49.3 Å². The van der Waals surface area contributed by atoms with Gasteiger partial charge in [-0.2, -0.15) is 0 Å². The summed E-state index contributed by atoms with van der Waals surface area (Å²) in [5.41, 5.74) is 11.0. The Bertz CT molecular complexity index is 826. The van der Waals surface area contributed by atoms with E-state index in [-0.39, 0.29) is 23.8 Å². The summed E-state index contributed by atoms with van der Waals surface area (Å²) >= 11 is 0. The number of nitrogen functional groups attached to an aromatic ring is 1. The Morgan fingerprint density at radius 2 is 1.96 bits per heavy atom. The molecule has 1 aliphatic heterocycles. The second-order valence-electron chi connectivity index (χ2n) is 7.89. The average Bonchev–Trinajstić information content (AvgIpc) is 2.68. The lowest BCUT2D eigenvalue weighted by atomic mass is 9.82. The maximum atomic E-state index is 12.7. The van der Waals surface area contributed by atoms with Crippen molar-refractivity contribution in [1.82, 2.24) is 9.88 Å². The molecule has 27 heavy (non-hydrogen) atoms. The zero-order chi connectivity index (χ0) is 19.0. The molecule has 5 heteroatoms. The van der Waals surface area contributed by atoms with Crippen LogP contribution in [0.1, 0.15) is 40.0 Å². The summed E-state index contributed by atoms with van der Waals surface area (Å²) in [5.74, 6) is 0.241. The van der Waals surface area contributed by atoms with Gasteiger partial charge in [0.05, 0.1) is 6.10 Å². The molecule has 1 fully saturated rings. The van der Waals surface area contributed by atoms with E-state index in [1.807, 2.05) is 31.2 Å². The second-order valence-corrected chi connectivity index (χ2v) is 7.89. The van der Waals surface area contributed by atoms with Gasteiger partial charge in [-0.15, -0.1) is 0 Å². The lowest BCUT2D eigenvalue weighted by Gasteiger charge is -2.42. The van der Waals surface area contributed by atoms with Crippen LogP contribution >= 0.6 is 0 Å². The maximum absolute atomic E-state index is 12.7. The van der Waals surface area contributed by atoms with E-state index < -0.39 is 0 Å². The number of aromatic nitrogens is 1. The molecule has 1 aromatic heterocycles. The normalized spacial score (nSPS) is 23.8. The fourth-order valence-electron chi connectivity index (χ4n) is 4.52. The van der Waals surface area contributed by atoms with Gasteiger partial charge < -0.3 is 10.8 Å². The number of hydrogen-bond acceptors (Lipinski definition) is 5. The van der Waals surface area contributed by atoms with Crippen LogP contribution in [0.5, 0.6) is 0 Å². The highest BCUT2D eigenvalue weighted by Crippen LogP contribution is 2.31. The number of aryl methyl sites for hydroxylation is 1. The average molecular weight is 365 g/mol. The van der Waals surface area contributed by atoms with Crippen molar-refractivity contribution < 1.29 is 9.90 Å². The summed E-state index contributed by atoms with van der Waals surface area (Å²) in [7, 11) is 0. The van der Waals surface area contributed by atoms with Crippen molar-refractivity contribution >= 4 is 11.5 Å². The molecule has 1 saturated heterocycles. The van der Waals surface area contributed by atoms with Gasteiger partial charge in [-0.25, -0.2) is 0 Å². The molecule has 0 unspecified atom stereocenters. The van der Waals surface area contributed by atoms with Crippen LogP contribution in [0.4, 0.5) is 5.69 Å². The van der Waals surface area contributed by atoms with Crippen LogP contribution in [0, 0.1) is 12.8 Å². The fourth-order valence-corrected chi connectivity index (χ4v) is 4.52.